The maximum atomic E-state index is 8.95. The predicted molar refractivity (Wildman–Crippen MR) is 114 cm³/mol. The molecule has 2 N–H and O–H groups in total. The highest BCUT2D eigenvalue weighted by Gasteiger charge is 2.24. The molecule has 1 atom stereocenters. The standard InChI is InChI=1S/C24H29N3O2/c28-12-13-29-23-10-4-8-20(15-23)17-27-11-5-9-21(18-27)24-22(16-25-26-24)14-19-6-2-1-3-7-19/h1-4,6-8,10,15-16,21,28H,5,9,11-14,17-18H2,(H,25,26)/t21-/m1/s1. The molecule has 1 aromatic heterocycles. The highest BCUT2D eigenvalue weighted by Crippen LogP contribution is 2.30. The molecule has 1 aliphatic heterocycles. The summed E-state index contributed by atoms with van der Waals surface area (Å²) < 4.78 is 5.56. The van der Waals surface area contributed by atoms with Crippen molar-refractivity contribution >= 4 is 0 Å². The molecule has 4 rings (SSSR count). The second kappa shape index (κ2) is 9.72. The third kappa shape index (κ3) is 5.25. The number of ether oxygens (including phenoxy) is 1. The molecule has 1 aliphatic rings. The van der Waals surface area contributed by atoms with Crippen LogP contribution in [0.3, 0.4) is 0 Å². The quantitative estimate of drug-likeness (QED) is 0.614. The minimum absolute atomic E-state index is 0.0352. The zero-order valence-electron chi connectivity index (χ0n) is 16.8. The van der Waals surface area contributed by atoms with Crippen molar-refractivity contribution in [2.75, 3.05) is 26.3 Å². The number of aliphatic hydroxyl groups excluding tert-OH is 1. The average molecular weight is 392 g/mol. The third-order valence-electron chi connectivity index (χ3n) is 5.57. The van der Waals surface area contributed by atoms with Gasteiger partial charge in [0.05, 0.1) is 12.8 Å². The maximum Gasteiger partial charge on any atom is 0.119 e. The van der Waals surface area contributed by atoms with Crippen molar-refractivity contribution in [2.24, 2.45) is 0 Å². The van der Waals surface area contributed by atoms with Gasteiger partial charge < -0.3 is 9.84 Å². The van der Waals surface area contributed by atoms with E-state index in [4.69, 9.17) is 9.84 Å². The predicted octanol–water partition coefficient (Wildman–Crippen LogP) is 3.75. The van der Waals surface area contributed by atoms with E-state index in [1.807, 2.05) is 18.3 Å². The Morgan fingerprint density at radius 1 is 1.10 bits per heavy atom. The number of aromatic amines is 1. The summed E-state index contributed by atoms with van der Waals surface area (Å²) >= 11 is 0. The molecular formula is C24H29N3O2. The number of H-pyrrole nitrogens is 1. The Morgan fingerprint density at radius 2 is 1.97 bits per heavy atom. The second-order valence-corrected chi connectivity index (χ2v) is 7.77. The molecule has 2 aromatic carbocycles. The Bertz CT molecular complexity index is 894. The molecule has 1 saturated heterocycles. The molecule has 0 bridgehead atoms. The highest BCUT2D eigenvalue weighted by atomic mass is 16.5. The van der Waals surface area contributed by atoms with Gasteiger partial charge in [0.2, 0.25) is 0 Å². The number of hydrogen-bond donors (Lipinski definition) is 2. The van der Waals surface area contributed by atoms with Gasteiger partial charge in [-0.2, -0.15) is 5.10 Å². The third-order valence-corrected chi connectivity index (χ3v) is 5.57. The van der Waals surface area contributed by atoms with Crippen molar-refractivity contribution in [3.05, 3.63) is 83.2 Å². The number of aliphatic hydroxyl groups is 1. The van der Waals surface area contributed by atoms with Crippen LogP contribution in [0.15, 0.2) is 60.8 Å². The van der Waals surface area contributed by atoms with Crippen LogP contribution in [0.1, 0.15) is 41.1 Å². The first-order chi connectivity index (χ1) is 14.3. The van der Waals surface area contributed by atoms with E-state index in [1.165, 1.54) is 35.2 Å². The summed E-state index contributed by atoms with van der Waals surface area (Å²) in [6, 6.07) is 18.8. The van der Waals surface area contributed by atoms with Crippen LogP contribution >= 0.6 is 0 Å². The molecular weight excluding hydrogens is 362 g/mol. The van der Waals surface area contributed by atoms with Gasteiger partial charge in [0.15, 0.2) is 0 Å². The summed E-state index contributed by atoms with van der Waals surface area (Å²) in [6.45, 7) is 3.42. The summed E-state index contributed by atoms with van der Waals surface area (Å²) in [4.78, 5) is 2.52. The van der Waals surface area contributed by atoms with E-state index in [9.17, 15) is 0 Å². The molecule has 29 heavy (non-hydrogen) atoms. The van der Waals surface area contributed by atoms with Crippen LogP contribution in [-0.2, 0) is 13.0 Å². The molecule has 5 nitrogen and oxygen atoms in total. The van der Waals surface area contributed by atoms with E-state index in [0.29, 0.717) is 12.5 Å². The topological polar surface area (TPSA) is 61.4 Å². The van der Waals surface area contributed by atoms with E-state index in [0.717, 1.165) is 31.8 Å². The average Bonchev–Trinajstić information content (AvgIpc) is 3.21. The number of nitrogens with one attached hydrogen (secondary N) is 1. The van der Waals surface area contributed by atoms with E-state index in [1.54, 1.807) is 0 Å². The number of benzene rings is 2. The van der Waals surface area contributed by atoms with Gasteiger partial charge in [-0.15, -0.1) is 0 Å². The molecule has 5 heteroatoms. The first-order valence-electron chi connectivity index (χ1n) is 10.4. The lowest BCUT2D eigenvalue weighted by Crippen LogP contribution is -2.34. The van der Waals surface area contributed by atoms with E-state index < -0.39 is 0 Å². The van der Waals surface area contributed by atoms with E-state index in [-0.39, 0.29) is 6.61 Å². The molecule has 2 heterocycles. The molecule has 3 aromatic rings. The van der Waals surface area contributed by atoms with Gasteiger partial charge in [0, 0.05) is 31.1 Å². The summed E-state index contributed by atoms with van der Waals surface area (Å²) in [5.74, 6) is 1.31. The van der Waals surface area contributed by atoms with Crippen molar-refractivity contribution in [1.82, 2.24) is 15.1 Å². The Kier molecular flexibility index (Phi) is 6.60. The highest BCUT2D eigenvalue weighted by molar-refractivity contribution is 5.30. The zero-order chi connectivity index (χ0) is 19.9. The van der Waals surface area contributed by atoms with Crippen molar-refractivity contribution in [3.63, 3.8) is 0 Å². The summed E-state index contributed by atoms with van der Waals surface area (Å²) in [5, 5.41) is 16.6. The first-order valence-corrected chi connectivity index (χ1v) is 10.4. The summed E-state index contributed by atoms with van der Waals surface area (Å²) in [5.41, 5.74) is 5.17. The summed E-state index contributed by atoms with van der Waals surface area (Å²) in [7, 11) is 0. The number of nitrogens with zero attached hydrogens (tertiary/aromatic N) is 2. The molecule has 0 saturated carbocycles. The van der Waals surface area contributed by atoms with Crippen molar-refractivity contribution in [3.8, 4) is 5.75 Å². The van der Waals surface area contributed by atoms with Crippen molar-refractivity contribution in [1.29, 1.82) is 0 Å². The van der Waals surface area contributed by atoms with Crippen LogP contribution in [0.25, 0.3) is 0 Å². The monoisotopic (exact) mass is 391 g/mol. The number of rotatable bonds is 8. The molecule has 0 amide bonds. The van der Waals surface area contributed by atoms with Gasteiger partial charge >= 0.3 is 0 Å². The van der Waals surface area contributed by atoms with Crippen LogP contribution in [0.2, 0.25) is 0 Å². The van der Waals surface area contributed by atoms with E-state index in [2.05, 4.69) is 57.6 Å². The SMILES string of the molecule is OCCOc1cccc(CN2CCC[C@@H](c3[nH]ncc3Cc3ccccc3)C2)c1. The maximum absolute atomic E-state index is 8.95. The van der Waals surface area contributed by atoms with Gasteiger partial charge in [-0.3, -0.25) is 10.00 Å². The Morgan fingerprint density at radius 3 is 2.83 bits per heavy atom. The lowest BCUT2D eigenvalue weighted by molar-refractivity contribution is 0.195. The van der Waals surface area contributed by atoms with Crippen LogP contribution in [0.4, 0.5) is 0 Å². The normalized spacial score (nSPS) is 17.3. The minimum atomic E-state index is 0.0352. The fourth-order valence-corrected chi connectivity index (χ4v) is 4.22. The molecule has 152 valence electrons. The van der Waals surface area contributed by atoms with Crippen LogP contribution < -0.4 is 4.74 Å². The lowest BCUT2D eigenvalue weighted by Gasteiger charge is -2.32. The minimum Gasteiger partial charge on any atom is -0.491 e. The van der Waals surface area contributed by atoms with Crippen LogP contribution in [0, 0.1) is 0 Å². The van der Waals surface area contributed by atoms with Crippen LogP contribution in [-0.4, -0.2) is 46.5 Å². The Hall–Kier alpha value is -2.63. The molecule has 0 radical (unpaired) electrons. The fourth-order valence-electron chi connectivity index (χ4n) is 4.22. The number of hydrogen-bond acceptors (Lipinski definition) is 4. The molecule has 0 unspecified atom stereocenters. The molecule has 0 aliphatic carbocycles. The fraction of sp³-hybridized carbons (Fsp3) is 0.375. The number of piperidine rings is 1. The number of aromatic nitrogens is 2. The molecule has 1 fully saturated rings. The van der Waals surface area contributed by atoms with Crippen LogP contribution in [0.5, 0.6) is 5.75 Å². The Labute approximate surface area is 172 Å². The second-order valence-electron chi connectivity index (χ2n) is 7.77. The smallest absolute Gasteiger partial charge is 0.119 e. The van der Waals surface area contributed by atoms with Gasteiger partial charge in [0.25, 0.3) is 0 Å². The van der Waals surface area contributed by atoms with Gasteiger partial charge in [-0.25, -0.2) is 0 Å². The lowest BCUT2D eigenvalue weighted by atomic mass is 9.90. The van der Waals surface area contributed by atoms with E-state index >= 15 is 0 Å². The van der Waals surface area contributed by atoms with Crippen molar-refractivity contribution in [2.45, 2.75) is 31.7 Å². The number of likely N-dealkylation sites (tertiary alicyclic amines) is 1. The zero-order valence-corrected chi connectivity index (χ0v) is 16.8. The van der Waals surface area contributed by atoms with Gasteiger partial charge in [-0.1, -0.05) is 42.5 Å². The molecule has 0 spiro atoms. The summed E-state index contributed by atoms with van der Waals surface area (Å²) in [6.07, 6.45) is 5.30. The Balaban J connectivity index is 1.41. The van der Waals surface area contributed by atoms with Gasteiger partial charge in [-0.05, 0) is 48.2 Å². The first kappa shape index (κ1) is 19.7. The largest absolute Gasteiger partial charge is 0.491 e. The van der Waals surface area contributed by atoms with Crippen molar-refractivity contribution < 1.29 is 9.84 Å². The van der Waals surface area contributed by atoms with Gasteiger partial charge in [0.1, 0.15) is 12.4 Å².